The second kappa shape index (κ2) is 9.86. The Balaban J connectivity index is 0.000000156. The van der Waals surface area contributed by atoms with Crippen molar-refractivity contribution >= 4 is 19.2 Å². The highest BCUT2D eigenvalue weighted by Gasteiger charge is 2.02. The van der Waals surface area contributed by atoms with Crippen LogP contribution in [-0.2, 0) is 0 Å². The van der Waals surface area contributed by atoms with Gasteiger partial charge in [0.15, 0.2) is 0 Å². The standard InChI is InChI=1S/C14H14.C12H11P/c1-11-7-3-5-9-13(11)14-10-6-4-8-12(14)2;1-3-7-11(8-4-1)13-12-9-5-2-6-10-12/h3-10H,1-2H3;1-10,13H. The van der Waals surface area contributed by atoms with Crippen LogP contribution in [0.2, 0.25) is 0 Å². The average Bonchev–Trinajstić information content (AvgIpc) is 2.71. The van der Waals surface area contributed by atoms with Crippen molar-refractivity contribution in [3.8, 4) is 11.1 Å². The van der Waals surface area contributed by atoms with Gasteiger partial charge >= 0.3 is 0 Å². The molecule has 134 valence electrons. The van der Waals surface area contributed by atoms with Crippen LogP contribution in [0.1, 0.15) is 11.1 Å². The van der Waals surface area contributed by atoms with Gasteiger partial charge in [-0.15, -0.1) is 0 Å². The van der Waals surface area contributed by atoms with Crippen molar-refractivity contribution in [1.29, 1.82) is 0 Å². The molecule has 0 saturated carbocycles. The first-order valence-corrected chi connectivity index (χ1v) is 10.2. The van der Waals surface area contributed by atoms with Crippen molar-refractivity contribution in [3.63, 3.8) is 0 Å². The molecule has 4 rings (SSSR count). The van der Waals surface area contributed by atoms with Crippen LogP contribution in [0.15, 0.2) is 109 Å². The van der Waals surface area contributed by atoms with Gasteiger partial charge in [-0.25, -0.2) is 0 Å². The summed E-state index contributed by atoms with van der Waals surface area (Å²) >= 11 is 0. The molecule has 0 saturated heterocycles. The first-order chi connectivity index (χ1) is 13.2. The van der Waals surface area contributed by atoms with Crippen molar-refractivity contribution in [2.24, 2.45) is 0 Å². The summed E-state index contributed by atoms with van der Waals surface area (Å²) in [5.74, 6) is 0. The van der Waals surface area contributed by atoms with Gasteiger partial charge in [-0.2, -0.15) is 0 Å². The third kappa shape index (κ3) is 5.64. The predicted octanol–water partition coefficient (Wildman–Crippen LogP) is 6.29. The fraction of sp³-hybridized carbons (Fsp3) is 0.0769. The molecule has 27 heavy (non-hydrogen) atoms. The zero-order chi connectivity index (χ0) is 18.9. The molecule has 4 aromatic carbocycles. The lowest BCUT2D eigenvalue weighted by Gasteiger charge is -2.08. The Labute approximate surface area is 164 Å². The van der Waals surface area contributed by atoms with Gasteiger partial charge in [0.05, 0.1) is 0 Å². The highest BCUT2D eigenvalue weighted by molar-refractivity contribution is 7.55. The summed E-state index contributed by atoms with van der Waals surface area (Å²) in [6.45, 7) is 4.31. The molecule has 0 aliphatic heterocycles. The Bertz CT molecular complexity index is 878. The fourth-order valence-corrected chi connectivity index (χ4v) is 4.01. The van der Waals surface area contributed by atoms with E-state index in [-0.39, 0.29) is 0 Å². The molecule has 1 heteroatoms. The Kier molecular flexibility index (Phi) is 6.97. The molecule has 0 bridgehead atoms. The van der Waals surface area contributed by atoms with Crippen LogP contribution in [0.5, 0.6) is 0 Å². The largest absolute Gasteiger partial charge is 0.0622 e. The maximum absolute atomic E-state index is 2.18. The summed E-state index contributed by atoms with van der Waals surface area (Å²) in [4.78, 5) is 0. The summed E-state index contributed by atoms with van der Waals surface area (Å²) in [7, 11) is 0.777. The molecule has 0 heterocycles. The van der Waals surface area contributed by atoms with Crippen molar-refractivity contribution in [1.82, 2.24) is 0 Å². The molecule has 0 aromatic heterocycles. The fourth-order valence-electron chi connectivity index (χ4n) is 2.96. The van der Waals surface area contributed by atoms with Crippen LogP contribution in [-0.4, -0.2) is 0 Å². The molecule has 0 aliphatic carbocycles. The van der Waals surface area contributed by atoms with Gasteiger partial charge in [0, 0.05) is 0 Å². The van der Waals surface area contributed by atoms with E-state index in [4.69, 9.17) is 0 Å². The Morgan fingerprint density at radius 1 is 0.407 bits per heavy atom. The smallest absolute Gasteiger partial charge is 0.0152 e. The van der Waals surface area contributed by atoms with Crippen LogP contribution in [0.3, 0.4) is 0 Å². The van der Waals surface area contributed by atoms with Gasteiger partial charge in [0.25, 0.3) is 0 Å². The summed E-state index contributed by atoms with van der Waals surface area (Å²) in [5.41, 5.74) is 5.35. The highest BCUT2D eigenvalue weighted by atomic mass is 31.1. The lowest BCUT2D eigenvalue weighted by atomic mass is 9.97. The maximum atomic E-state index is 2.18. The molecular weight excluding hydrogens is 343 g/mol. The lowest BCUT2D eigenvalue weighted by Crippen LogP contribution is -2.01. The number of aryl methyl sites for hydroxylation is 2. The number of rotatable bonds is 3. The summed E-state index contributed by atoms with van der Waals surface area (Å²) < 4.78 is 0. The summed E-state index contributed by atoms with van der Waals surface area (Å²) in [6.07, 6.45) is 0. The Morgan fingerprint density at radius 3 is 1.11 bits per heavy atom. The number of hydrogen-bond acceptors (Lipinski definition) is 0. The van der Waals surface area contributed by atoms with Crippen LogP contribution in [0.25, 0.3) is 11.1 Å². The van der Waals surface area contributed by atoms with E-state index in [0.717, 1.165) is 8.58 Å². The van der Waals surface area contributed by atoms with E-state index in [0.29, 0.717) is 0 Å². The van der Waals surface area contributed by atoms with E-state index in [1.807, 2.05) is 0 Å². The van der Waals surface area contributed by atoms with Gasteiger partial charge in [-0.3, -0.25) is 0 Å². The highest BCUT2D eigenvalue weighted by Crippen LogP contribution is 2.25. The van der Waals surface area contributed by atoms with E-state index in [2.05, 4.69) is 123 Å². The normalized spacial score (nSPS) is 10.0. The monoisotopic (exact) mass is 368 g/mol. The predicted molar refractivity (Wildman–Crippen MR) is 122 cm³/mol. The van der Waals surface area contributed by atoms with Crippen molar-refractivity contribution in [2.75, 3.05) is 0 Å². The number of hydrogen-bond donors (Lipinski definition) is 0. The van der Waals surface area contributed by atoms with Gasteiger partial charge in [-0.1, -0.05) is 118 Å². The number of benzene rings is 4. The topological polar surface area (TPSA) is 0 Å². The molecule has 0 radical (unpaired) electrons. The van der Waals surface area contributed by atoms with Crippen molar-refractivity contribution in [2.45, 2.75) is 13.8 Å². The van der Waals surface area contributed by atoms with Gasteiger partial charge in [-0.05, 0) is 46.7 Å². The summed E-state index contributed by atoms with van der Waals surface area (Å²) in [5, 5.41) is 2.79. The molecule has 0 unspecified atom stereocenters. The van der Waals surface area contributed by atoms with E-state index in [1.165, 1.54) is 32.9 Å². The molecule has 0 aliphatic rings. The van der Waals surface area contributed by atoms with Gasteiger partial charge < -0.3 is 0 Å². The lowest BCUT2D eigenvalue weighted by molar-refractivity contribution is 1.41. The molecule has 0 atom stereocenters. The average molecular weight is 368 g/mol. The maximum Gasteiger partial charge on any atom is -0.0152 e. The molecule has 0 fully saturated rings. The van der Waals surface area contributed by atoms with E-state index in [9.17, 15) is 0 Å². The van der Waals surface area contributed by atoms with Gasteiger partial charge in [0.2, 0.25) is 0 Å². The molecular formula is C26H25P. The zero-order valence-corrected chi connectivity index (χ0v) is 16.9. The van der Waals surface area contributed by atoms with Crippen LogP contribution < -0.4 is 10.6 Å². The third-order valence-corrected chi connectivity index (χ3v) is 5.66. The second-order valence-corrected chi connectivity index (χ2v) is 7.89. The third-order valence-electron chi connectivity index (χ3n) is 4.42. The van der Waals surface area contributed by atoms with E-state index < -0.39 is 0 Å². The van der Waals surface area contributed by atoms with Crippen LogP contribution in [0.4, 0.5) is 0 Å². The molecule has 0 amide bonds. The quantitative estimate of drug-likeness (QED) is 0.373. The SMILES string of the molecule is Cc1ccccc1-c1ccccc1C.c1ccc(Pc2ccccc2)cc1. The minimum absolute atomic E-state index is 0.777. The van der Waals surface area contributed by atoms with Crippen LogP contribution in [0, 0.1) is 13.8 Å². The second-order valence-electron chi connectivity index (χ2n) is 6.49. The van der Waals surface area contributed by atoms with E-state index >= 15 is 0 Å². The molecule has 0 spiro atoms. The molecule has 0 nitrogen and oxygen atoms in total. The minimum Gasteiger partial charge on any atom is -0.0622 e. The van der Waals surface area contributed by atoms with Crippen LogP contribution >= 0.6 is 8.58 Å². The molecule has 4 aromatic rings. The first-order valence-electron chi connectivity index (χ1n) is 9.23. The van der Waals surface area contributed by atoms with E-state index in [1.54, 1.807) is 0 Å². The minimum atomic E-state index is 0.777. The van der Waals surface area contributed by atoms with Crippen molar-refractivity contribution in [3.05, 3.63) is 120 Å². The summed E-state index contributed by atoms with van der Waals surface area (Å²) in [6, 6.07) is 38.2. The first kappa shape index (κ1) is 19.1. The zero-order valence-electron chi connectivity index (χ0n) is 15.9. The van der Waals surface area contributed by atoms with Crippen molar-refractivity contribution < 1.29 is 0 Å². The Morgan fingerprint density at radius 2 is 0.741 bits per heavy atom. The Hall–Kier alpha value is -2.69. The molecule has 0 N–H and O–H groups in total. The van der Waals surface area contributed by atoms with Gasteiger partial charge in [0.1, 0.15) is 0 Å².